The minimum atomic E-state index is -0.449. The third-order valence-electron chi connectivity index (χ3n) is 4.12. The van der Waals surface area contributed by atoms with Crippen molar-refractivity contribution in [3.63, 3.8) is 0 Å². The number of nitrogens with zero attached hydrogens (tertiary/aromatic N) is 4. The Morgan fingerprint density at radius 3 is 2.60 bits per heavy atom. The van der Waals surface area contributed by atoms with Crippen LogP contribution in [0.4, 0.5) is 5.69 Å². The van der Waals surface area contributed by atoms with Crippen LogP contribution in [0.1, 0.15) is 31.2 Å². The SMILES string of the molecule is Cc1nn(CC(=O)N(C)C(C)C2CC2)c(C)c1[N+](=O)[O-]. The van der Waals surface area contributed by atoms with Gasteiger partial charge < -0.3 is 4.90 Å². The number of nitro groups is 1. The summed E-state index contributed by atoms with van der Waals surface area (Å²) in [7, 11) is 1.78. The Bertz CT molecular complexity index is 548. The highest BCUT2D eigenvalue weighted by molar-refractivity contribution is 5.76. The number of amides is 1. The Morgan fingerprint density at radius 1 is 1.55 bits per heavy atom. The second-order valence-corrected chi connectivity index (χ2v) is 5.52. The molecule has 1 saturated carbocycles. The molecule has 1 fully saturated rings. The highest BCUT2D eigenvalue weighted by atomic mass is 16.6. The normalized spacial score (nSPS) is 16.0. The van der Waals surface area contributed by atoms with Gasteiger partial charge >= 0.3 is 5.69 Å². The summed E-state index contributed by atoms with van der Waals surface area (Å²) in [5.74, 6) is 0.531. The van der Waals surface area contributed by atoms with E-state index in [1.807, 2.05) is 6.92 Å². The van der Waals surface area contributed by atoms with Gasteiger partial charge in [0.15, 0.2) is 0 Å². The van der Waals surface area contributed by atoms with Crippen LogP contribution in [0.25, 0.3) is 0 Å². The van der Waals surface area contributed by atoms with Gasteiger partial charge in [0.25, 0.3) is 0 Å². The first-order chi connectivity index (χ1) is 9.32. The van der Waals surface area contributed by atoms with Crippen LogP contribution in [-0.2, 0) is 11.3 Å². The maximum absolute atomic E-state index is 12.2. The fourth-order valence-electron chi connectivity index (χ4n) is 2.47. The molecule has 0 bridgehead atoms. The van der Waals surface area contributed by atoms with Gasteiger partial charge in [0, 0.05) is 13.1 Å². The Hall–Kier alpha value is -1.92. The minimum Gasteiger partial charge on any atom is -0.341 e. The number of likely N-dealkylation sites (N-methyl/N-ethyl adjacent to an activating group) is 1. The molecule has 1 atom stereocenters. The average Bonchev–Trinajstić information content (AvgIpc) is 3.15. The molecule has 0 radical (unpaired) electrons. The zero-order valence-electron chi connectivity index (χ0n) is 12.3. The zero-order valence-corrected chi connectivity index (χ0v) is 12.3. The standard InChI is InChI=1S/C13H20N4O3/c1-8-13(17(19)20)10(3)16(14-8)7-12(18)15(4)9(2)11-5-6-11/h9,11H,5-7H2,1-4H3. The molecule has 1 aliphatic carbocycles. The smallest absolute Gasteiger partial charge is 0.312 e. The van der Waals surface area contributed by atoms with Crippen LogP contribution in [0.2, 0.25) is 0 Å². The summed E-state index contributed by atoms with van der Waals surface area (Å²) in [6.45, 7) is 5.30. The Labute approximate surface area is 117 Å². The summed E-state index contributed by atoms with van der Waals surface area (Å²) in [5.41, 5.74) is 0.766. The summed E-state index contributed by atoms with van der Waals surface area (Å²) in [6.07, 6.45) is 2.34. The van der Waals surface area contributed by atoms with Gasteiger partial charge in [0.05, 0.1) is 4.92 Å². The molecule has 1 aromatic heterocycles. The van der Waals surface area contributed by atoms with E-state index in [0.29, 0.717) is 17.3 Å². The number of rotatable bonds is 5. The van der Waals surface area contributed by atoms with E-state index < -0.39 is 4.92 Å². The van der Waals surface area contributed by atoms with Crippen LogP contribution in [0, 0.1) is 29.9 Å². The zero-order chi connectivity index (χ0) is 15.0. The van der Waals surface area contributed by atoms with Crippen LogP contribution < -0.4 is 0 Å². The highest BCUT2D eigenvalue weighted by Crippen LogP contribution is 2.34. The lowest BCUT2D eigenvalue weighted by atomic mass is 10.2. The van der Waals surface area contributed by atoms with E-state index in [4.69, 9.17) is 0 Å². The predicted molar refractivity (Wildman–Crippen MR) is 73.3 cm³/mol. The molecule has 0 aromatic carbocycles. The molecule has 2 rings (SSSR count). The van der Waals surface area contributed by atoms with E-state index in [2.05, 4.69) is 5.10 Å². The molecule has 7 nitrogen and oxygen atoms in total. The largest absolute Gasteiger partial charge is 0.341 e. The van der Waals surface area contributed by atoms with Gasteiger partial charge in [0.2, 0.25) is 5.91 Å². The van der Waals surface area contributed by atoms with Gasteiger partial charge in [-0.25, -0.2) is 0 Å². The van der Waals surface area contributed by atoms with Crippen molar-refractivity contribution >= 4 is 11.6 Å². The Balaban J connectivity index is 2.11. The molecule has 1 aliphatic rings. The van der Waals surface area contributed by atoms with Crippen molar-refractivity contribution in [3.8, 4) is 0 Å². The second-order valence-electron chi connectivity index (χ2n) is 5.52. The number of carbonyl (C=O) groups excluding carboxylic acids is 1. The number of hydrogen-bond donors (Lipinski definition) is 0. The second kappa shape index (κ2) is 5.22. The van der Waals surface area contributed by atoms with E-state index in [9.17, 15) is 14.9 Å². The molecule has 0 aliphatic heterocycles. The summed E-state index contributed by atoms with van der Waals surface area (Å²) < 4.78 is 1.42. The van der Waals surface area contributed by atoms with Crippen molar-refractivity contribution in [1.82, 2.24) is 14.7 Å². The highest BCUT2D eigenvalue weighted by Gasteiger charge is 2.33. The molecular weight excluding hydrogens is 260 g/mol. The molecule has 1 unspecified atom stereocenters. The molecule has 110 valence electrons. The minimum absolute atomic E-state index is 0.00399. The molecule has 0 N–H and O–H groups in total. The predicted octanol–water partition coefficient (Wildman–Crippen LogP) is 1.67. The van der Waals surface area contributed by atoms with Crippen molar-refractivity contribution in [2.24, 2.45) is 5.92 Å². The third-order valence-corrected chi connectivity index (χ3v) is 4.12. The Kier molecular flexibility index (Phi) is 3.78. The van der Waals surface area contributed by atoms with Crippen LogP contribution in [0.5, 0.6) is 0 Å². The van der Waals surface area contributed by atoms with Gasteiger partial charge in [-0.05, 0) is 39.5 Å². The number of aromatic nitrogens is 2. The molecular formula is C13H20N4O3. The molecule has 1 aromatic rings. The summed E-state index contributed by atoms with van der Waals surface area (Å²) in [5, 5.41) is 15.0. The molecule has 7 heteroatoms. The van der Waals surface area contributed by atoms with E-state index in [-0.39, 0.29) is 24.2 Å². The fraction of sp³-hybridized carbons (Fsp3) is 0.692. The molecule has 1 heterocycles. The number of hydrogen-bond acceptors (Lipinski definition) is 4. The number of carbonyl (C=O) groups is 1. The summed E-state index contributed by atoms with van der Waals surface area (Å²) >= 11 is 0. The van der Waals surface area contributed by atoms with E-state index >= 15 is 0 Å². The lowest BCUT2D eigenvalue weighted by Gasteiger charge is -2.25. The van der Waals surface area contributed by atoms with Crippen molar-refractivity contribution in [2.75, 3.05) is 7.05 Å². The van der Waals surface area contributed by atoms with E-state index in [1.54, 1.807) is 25.8 Å². The maximum Gasteiger partial charge on any atom is 0.312 e. The first-order valence-electron chi connectivity index (χ1n) is 6.77. The Morgan fingerprint density at radius 2 is 2.15 bits per heavy atom. The van der Waals surface area contributed by atoms with E-state index in [0.717, 1.165) is 0 Å². The van der Waals surface area contributed by atoms with Crippen molar-refractivity contribution < 1.29 is 9.72 Å². The quantitative estimate of drug-likeness (QED) is 0.607. The number of aryl methyl sites for hydroxylation is 1. The topological polar surface area (TPSA) is 81.3 Å². The van der Waals surface area contributed by atoms with Crippen molar-refractivity contribution in [2.45, 2.75) is 46.2 Å². The van der Waals surface area contributed by atoms with Crippen molar-refractivity contribution in [1.29, 1.82) is 0 Å². The summed E-state index contributed by atoms with van der Waals surface area (Å²) in [6, 6.07) is 0.217. The lowest BCUT2D eigenvalue weighted by molar-refractivity contribution is -0.386. The van der Waals surface area contributed by atoms with Gasteiger partial charge in [-0.1, -0.05) is 0 Å². The van der Waals surface area contributed by atoms with Crippen LogP contribution in [0.3, 0.4) is 0 Å². The van der Waals surface area contributed by atoms with Gasteiger partial charge in [0.1, 0.15) is 17.9 Å². The van der Waals surface area contributed by atoms with Gasteiger partial charge in [-0.2, -0.15) is 5.10 Å². The molecule has 20 heavy (non-hydrogen) atoms. The van der Waals surface area contributed by atoms with E-state index in [1.165, 1.54) is 17.5 Å². The molecule has 1 amide bonds. The molecule has 0 spiro atoms. The fourth-order valence-corrected chi connectivity index (χ4v) is 2.47. The van der Waals surface area contributed by atoms with Crippen molar-refractivity contribution in [3.05, 3.63) is 21.5 Å². The van der Waals surface area contributed by atoms with Gasteiger partial charge in [-0.3, -0.25) is 19.6 Å². The van der Waals surface area contributed by atoms with Crippen LogP contribution in [-0.4, -0.2) is 38.6 Å². The first kappa shape index (κ1) is 14.5. The maximum atomic E-state index is 12.2. The first-order valence-corrected chi connectivity index (χ1v) is 6.77. The van der Waals surface area contributed by atoms with Crippen LogP contribution >= 0.6 is 0 Å². The van der Waals surface area contributed by atoms with Gasteiger partial charge in [-0.15, -0.1) is 0 Å². The monoisotopic (exact) mass is 280 g/mol. The summed E-state index contributed by atoms with van der Waals surface area (Å²) in [4.78, 5) is 24.4. The average molecular weight is 280 g/mol. The lowest BCUT2D eigenvalue weighted by Crippen LogP contribution is -2.38. The molecule has 0 saturated heterocycles. The third kappa shape index (κ3) is 2.66. The van der Waals surface area contributed by atoms with Crippen LogP contribution in [0.15, 0.2) is 0 Å².